The molecule has 0 spiro atoms. The van der Waals surface area contributed by atoms with Crippen LogP contribution in [-0.4, -0.2) is 66.5 Å². The van der Waals surface area contributed by atoms with Gasteiger partial charge in [0.15, 0.2) is 0 Å². The standard InChI is InChI=1S/C22H27BrN6O2/c1-14-20(15(2)25-22(24-14)28-9-7-27(3)8-10-28)26-21(31)16-11-19(30)29(13-16)18-6-4-5-17(23)12-18/h4-6,12,16H,7-11,13H2,1-3H3,(H,26,31). The first kappa shape index (κ1) is 21.7. The highest BCUT2D eigenvalue weighted by atomic mass is 79.9. The number of anilines is 3. The summed E-state index contributed by atoms with van der Waals surface area (Å²) in [5.74, 6) is 0.0712. The number of carbonyl (C=O) groups excluding carboxylic acids is 2. The lowest BCUT2D eigenvalue weighted by Crippen LogP contribution is -2.45. The van der Waals surface area contributed by atoms with Gasteiger partial charge in [0.1, 0.15) is 0 Å². The van der Waals surface area contributed by atoms with Crippen LogP contribution in [0, 0.1) is 19.8 Å². The Morgan fingerprint density at radius 1 is 1.13 bits per heavy atom. The second-order valence-corrected chi connectivity index (χ2v) is 9.15. The summed E-state index contributed by atoms with van der Waals surface area (Å²) in [6, 6.07) is 7.55. The van der Waals surface area contributed by atoms with Crippen molar-refractivity contribution in [3.63, 3.8) is 0 Å². The molecular weight excluding hydrogens is 460 g/mol. The first-order valence-corrected chi connectivity index (χ1v) is 11.3. The summed E-state index contributed by atoms with van der Waals surface area (Å²) in [6.45, 7) is 7.86. The second-order valence-electron chi connectivity index (χ2n) is 8.23. The van der Waals surface area contributed by atoms with E-state index in [1.165, 1.54) is 0 Å². The second kappa shape index (κ2) is 8.92. The van der Waals surface area contributed by atoms with E-state index in [-0.39, 0.29) is 18.2 Å². The van der Waals surface area contributed by atoms with E-state index in [1.807, 2.05) is 38.1 Å². The maximum Gasteiger partial charge on any atom is 0.229 e. The number of carbonyl (C=O) groups is 2. The molecule has 9 heteroatoms. The number of amides is 2. The molecule has 2 fully saturated rings. The van der Waals surface area contributed by atoms with Crippen molar-refractivity contribution in [2.45, 2.75) is 20.3 Å². The van der Waals surface area contributed by atoms with Gasteiger partial charge in [0.2, 0.25) is 17.8 Å². The zero-order valence-electron chi connectivity index (χ0n) is 18.1. The van der Waals surface area contributed by atoms with Crippen LogP contribution in [0.25, 0.3) is 0 Å². The first-order valence-electron chi connectivity index (χ1n) is 10.5. The molecule has 1 aromatic carbocycles. The first-order chi connectivity index (χ1) is 14.8. The molecule has 3 heterocycles. The van der Waals surface area contributed by atoms with Crippen LogP contribution in [-0.2, 0) is 9.59 Å². The predicted molar refractivity (Wildman–Crippen MR) is 124 cm³/mol. The minimum Gasteiger partial charge on any atom is -0.338 e. The maximum absolute atomic E-state index is 13.0. The summed E-state index contributed by atoms with van der Waals surface area (Å²) in [4.78, 5) is 40.9. The number of hydrogen-bond donors (Lipinski definition) is 1. The molecule has 1 aromatic heterocycles. The van der Waals surface area contributed by atoms with Gasteiger partial charge in [-0.05, 0) is 39.1 Å². The van der Waals surface area contributed by atoms with Gasteiger partial charge in [-0.3, -0.25) is 9.59 Å². The largest absolute Gasteiger partial charge is 0.338 e. The lowest BCUT2D eigenvalue weighted by atomic mass is 10.1. The average molecular weight is 487 g/mol. The van der Waals surface area contributed by atoms with Crippen LogP contribution in [0.2, 0.25) is 0 Å². The van der Waals surface area contributed by atoms with Crippen LogP contribution < -0.4 is 15.1 Å². The van der Waals surface area contributed by atoms with Crippen molar-refractivity contribution in [1.29, 1.82) is 0 Å². The number of aromatic nitrogens is 2. The Hall–Kier alpha value is -2.52. The monoisotopic (exact) mass is 486 g/mol. The molecule has 1 atom stereocenters. The molecule has 31 heavy (non-hydrogen) atoms. The Bertz CT molecular complexity index is 982. The van der Waals surface area contributed by atoms with E-state index in [0.717, 1.165) is 47.7 Å². The number of halogens is 1. The molecule has 1 N–H and O–H groups in total. The smallest absolute Gasteiger partial charge is 0.229 e. The summed E-state index contributed by atoms with van der Waals surface area (Å²) in [6.07, 6.45) is 0.191. The van der Waals surface area contributed by atoms with E-state index >= 15 is 0 Å². The van der Waals surface area contributed by atoms with Crippen molar-refractivity contribution in [2.75, 3.05) is 54.9 Å². The SMILES string of the molecule is Cc1nc(N2CCN(C)CC2)nc(C)c1NC(=O)C1CC(=O)N(c2cccc(Br)c2)C1. The van der Waals surface area contributed by atoms with Crippen LogP contribution in [0.3, 0.4) is 0 Å². The molecule has 164 valence electrons. The van der Waals surface area contributed by atoms with E-state index in [9.17, 15) is 9.59 Å². The summed E-state index contributed by atoms with van der Waals surface area (Å²) in [5.41, 5.74) is 2.91. The van der Waals surface area contributed by atoms with E-state index < -0.39 is 5.92 Å². The zero-order chi connectivity index (χ0) is 22.1. The highest BCUT2D eigenvalue weighted by molar-refractivity contribution is 9.10. The fraction of sp³-hybridized carbons (Fsp3) is 0.455. The van der Waals surface area contributed by atoms with Gasteiger partial charge >= 0.3 is 0 Å². The fourth-order valence-corrected chi connectivity index (χ4v) is 4.42. The minimum atomic E-state index is -0.414. The topological polar surface area (TPSA) is 81.7 Å². The number of benzene rings is 1. The van der Waals surface area contributed by atoms with Gasteiger partial charge < -0.3 is 20.0 Å². The Labute approximate surface area is 190 Å². The van der Waals surface area contributed by atoms with E-state index in [2.05, 4.69) is 48.1 Å². The normalized spacial score (nSPS) is 19.7. The van der Waals surface area contributed by atoms with Crippen molar-refractivity contribution >= 4 is 45.1 Å². The van der Waals surface area contributed by atoms with Gasteiger partial charge in [0.05, 0.1) is 23.0 Å². The number of piperazine rings is 1. The predicted octanol–water partition coefficient (Wildman–Crippen LogP) is 2.60. The van der Waals surface area contributed by atoms with Crippen LogP contribution >= 0.6 is 15.9 Å². The molecule has 0 radical (unpaired) electrons. The highest BCUT2D eigenvalue weighted by Gasteiger charge is 2.35. The Kier molecular flexibility index (Phi) is 6.24. The van der Waals surface area contributed by atoms with E-state index in [0.29, 0.717) is 18.2 Å². The lowest BCUT2D eigenvalue weighted by molar-refractivity contribution is -0.122. The lowest BCUT2D eigenvalue weighted by Gasteiger charge is -2.32. The third-order valence-electron chi connectivity index (χ3n) is 5.91. The molecule has 0 bridgehead atoms. The van der Waals surface area contributed by atoms with Gasteiger partial charge in [-0.1, -0.05) is 22.0 Å². The molecule has 0 aliphatic carbocycles. The molecular formula is C22H27BrN6O2. The quantitative estimate of drug-likeness (QED) is 0.714. The number of aryl methyl sites for hydroxylation is 2. The molecule has 2 aliphatic rings. The summed E-state index contributed by atoms with van der Waals surface area (Å²) >= 11 is 3.43. The average Bonchev–Trinajstić information content (AvgIpc) is 3.13. The summed E-state index contributed by atoms with van der Waals surface area (Å²) in [7, 11) is 2.11. The number of nitrogens with zero attached hydrogens (tertiary/aromatic N) is 5. The van der Waals surface area contributed by atoms with Crippen molar-refractivity contribution in [2.24, 2.45) is 5.92 Å². The van der Waals surface area contributed by atoms with Gasteiger partial charge in [-0.2, -0.15) is 0 Å². The van der Waals surface area contributed by atoms with Crippen LogP contribution in [0.1, 0.15) is 17.8 Å². The van der Waals surface area contributed by atoms with Crippen molar-refractivity contribution in [3.8, 4) is 0 Å². The summed E-state index contributed by atoms with van der Waals surface area (Å²) in [5, 5.41) is 2.98. The molecule has 0 saturated carbocycles. The number of likely N-dealkylation sites (N-methyl/N-ethyl adjacent to an activating group) is 1. The number of nitrogens with one attached hydrogen (secondary N) is 1. The van der Waals surface area contributed by atoms with Gasteiger partial charge in [-0.15, -0.1) is 0 Å². The number of hydrogen-bond acceptors (Lipinski definition) is 6. The van der Waals surface area contributed by atoms with E-state index in [1.54, 1.807) is 4.90 Å². The van der Waals surface area contributed by atoms with Crippen LogP contribution in [0.5, 0.6) is 0 Å². The van der Waals surface area contributed by atoms with Crippen molar-refractivity contribution < 1.29 is 9.59 Å². The highest BCUT2D eigenvalue weighted by Crippen LogP contribution is 2.29. The molecule has 2 saturated heterocycles. The molecule has 1 unspecified atom stereocenters. The Morgan fingerprint density at radius 2 is 1.81 bits per heavy atom. The molecule has 4 rings (SSSR count). The molecule has 2 aliphatic heterocycles. The van der Waals surface area contributed by atoms with Crippen LogP contribution in [0.15, 0.2) is 28.7 Å². The van der Waals surface area contributed by atoms with E-state index in [4.69, 9.17) is 0 Å². The van der Waals surface area contributed by atoms with Gasteiger partial charge in [-0.25, -0.2) is 9.97 Å². The third-order valence-corrected chi connectivity index (χ3v) is 6.40. The fourth-order valence-electron chi connectivity index (χ4n) is 4.03. The van der Waals surface area contributed by atoms with Gasteiger partial charge in [0.25, 0.3) is 0 Å². The van der Waals surface area contributed by atoms with Crippen molar-refractivity contribution in [1.82, 2.24) is 14.9 Å². The zero-order valence-corrected chi connectivity index (χ0v) is 19.6. The van der Waals surface area contributed by atoms with Gasteiger partial charge in [0, 0.05) is 49.3 Å². The third kappa shape index (κ3) is 4.72. The maximum atomic E-state index is 13.0. The van der Waals surface area contributed by atoms with Crippen LogP contribution in [0.4, 0.5) is 17.3 Å². The number of rotatable bonds is 4. The Morgan fingerprint density at radius 3 is 2.45 bits per heavy atom. The summed E-state index contributed by atoms with van der Waals surface area (Å²) < 4.78 is 0.898. The molecule has 2 aromatic rings. The molecule has 2 amide bonds. The molecule has 8 nitrogen and oxygen atoms in total. The van der Waals surface area contributed by atoms with Crippen molar-refractivity contribution in [3.05, 3.63) is 40.1 Å². The minimum absolute atomic E-state index is 0.0478. The Balaban J connectivity index is 1.45.